The Labute approximate surface area is 104 Å². The summed E-state index contributed by atoms with van der Waals surface area (Å²) in [6.07, 6.45) is 2.65. The maximum Gasteiger partial charge on any atom is 0.0320 e. The van der Waals surface area contributed by atoms with Crippen LogP contribution < -0.4 is 5.32 Å². The lowest BCUT2D eigenvalue weighted by atomic mass is 9.93. The molecule has 0 amide bonds. The Bertz CT molecular complexity index is 175. The van der Waals surface area contributed by atoms with Crippen LogP contribution in [-0.4, -0.2) is 35.1 Å². The van der Waals surface area contributed by atoms with Crippen molar-refractivity contribution in [1.82, 2.24) is 5.32 Å². The van der Waals surface area contributed by atoms with E-state index in [1.807, 2.05) is 0 Å². The summed E-state index contributed by atoms with van der Waals surface area (Å²) in [5, 5.41) is 5.16. The van der Waals surface area contributed by atoms with E-state index < -0.39 is 0 Å². The van der Waals surface area contributed by atoms with Gasteiger partial charge in [-0.15, -0.1) is 0 Å². The molecule has 3 heteroatoms. The van der Waals surface area contributed by atoms with Crippen molar-refractivity contribution in [3.05, 3.63) is 0 Å². The van der Waals surface area contributed by atoms with Crippen molar-refractivity contribution in [3.63, 3.8) is 0 Å². The van der Waals surface area contributed by atoms with Gasteiger partial charge in [-0.05, 0) is 19.4 Å². The highest BCUT2D eigenvalue weighted by Gasteiger charge is 2.32. The average Bonchev–Trinajstić information content (AvgIpc) is 2.22. The molecule has 0 aromatic carbocycles. The molecule has 1 heterocycles. The number of hydrogen-bond donors (Lipinski definition) is 1. The summed E-state index contributed by atoms with van der Waals surface area (Å²) in [6.45, 7) is 7.08. The van der Waals surface area contributed by atoms with Crippen LogP contribution in [0.15, 0.2) is 0 Å². The van der Waals surface area contributed by atoms with Gasteiger partial charge in [0.15, 0.2) is 0 Å². The van der Waals surface area contributed by atoms with Gasteiger partial charge in [-0.1, -0.05) is 27.2 Å². The van der Waals surface area contributed by atoms with Crippen LogP contribution in [-0.2, 0) is 0 Å². The van der Waals surface area contributed by atoms with Crippen LogP contribution in [0.1, 0.15) is 33.6 Å². The zero-order valence-corrected chi connectivity index (χ0v) is 12.1. The van der Waals surface area contributed by atoms with Crippen LogP contribution in [0.4, 0.5) is 0 Å². The topological polar surface area (TPSA) is 12.0 Å². The van der Waals surface area contributed by atoms with E-state index in [0.717, 1.165) is 16.4 Å². The summed E-state index contributed by atoms with van der Waals surface area (Å²) in [6, 6.07) is 0.692. The van der Waals surface area contributed by atoms with Gasteiger partial charge in [-0.25, -0.2) is 0 Å². The Kier molecular flexibility index (Phi) is 6.48. The molecule has 1 fully saturated rings. The second-order valence-electron chi connectivity index (χ2n) is 4.49. The molecule has 4 unspecified atom stereocenters. The fraction of sp³-hybridized carbons (Fsp3) is 1.00. The van der Waals surface area contributed by atoms with Gasteiger partial charge in [-0.2, -0.15) is 23.5 Å². The molecule has 0 bridgehead atoms. The first-order chi connectivity index (χ1) is 7.20. The first kappa shape index (κ1) is 13.7. The zero-order chi connectivity index (χ0) is 11.3. The minimum atomic E-state index is 0.692. The molecule has 1 aliphatic rings. The fourth-order valence-electron chi connectivity index (χ4n) is 2.45. The van der Waals surface area contributed by atoms with Crippen molar-refractivity contribution >= 4 is 23.5 Å². The SMILES string of the molecule is CCCC(C)C(NC)C1SCCSC1C. The van der Waals surface area contributed by atoms with Crippen molar-refractivity contribution in [2.24, 2.45) is 5.92 Å². The fourth-order valence-corrected chi connectivity index (χ4v) is 5.58. The Hall–Kier alpha value is 0.660. The molecule has 4 atom stereocenters. The number of hydrogen-bond acceptors (Lipinski definition) is 3. The van der Waals surface area contributed by atoms with Gasteiger partial charge in [-0.3, -0.25) is 0 Å². The lowest BCUT2D eigenvalue weighted by molar-refractivity contribution is 0.362. The van der Waals surface area contributed by atoms with Gasteiger partial charge in [0.25, 0.3) is 0 Å². The largest absolute Gasteiger partial charge is 0.316 e. The maximum atomic E-state index is 3.55. The molecule has 0 aromatic rings. The molecule has 1 nitrogen and oxygen atoms in total. The van der Waals surface area contributed by atoms with Crippen molar-refractivity contribution in [3.8, 4) is 0 Å². The third-order valence-electron chi connectivity index (χ3n) is 3.28. The van der Waals surface area contributed by atoms with E-state index in [4.69, 9.17) is 0 Å². The van der Waals surface area contributed by atoms with Crippen LogP contribution in [0, 0.1) is 5.92 Å². The van der Waals surface area contributed by atoms with E-state index >= 15 is 0 Å². The molecular formula is C12H25NS2. The van der Waals surface area contributed by atoms with Crippen molar-refractivity contribution < 1.29 is 0 Å². The van der Waals surface area contributed by atoms with Gasteiger partial charge in [0.05, 0.1) is 0 Å². The molecule has 1 aliphatic heterocycles. The monoisotopic (exact) mass is 247 g/mol. The Morgan fingerprint density at radius 2 is 2.00 bits per heavy atom. The molecule has 15 heavy (non-hydrogen) atoms. The summed E-state index contributed by atoms with van der Waals surface area (Å²) in [5.41, 5.74) is 0. The highest BCUT2D eigenvalue weighted by Crippen LogP contribution is 2.35. The molecule has 1 rings (SSSR count). The lowest BCUT2D eigenvalue weighted by Gasteiger charge is -2.37. The van der Waals surface area contributed by atoms with Gasteiger partial charge in [0.2, 0.25) is 0 Å². The van der Waals surface area contributed by atoms with Gasteiger partial charge in [0, 0.05) is 28.0 Å². The summed E-state index contributed by atoms with van der Waals surface area (Å²) in [5.74, 6) is 3.47. The van der Waals surface area contributed by atoms with E-state index in [2.05, 4.69) is 56.7 Å². The highest BCUT2D eigenvalue weighted by atomic mass is 32.2. The van der Waals surface area contributed by atoms with Crippen LogP contribution in [0.2, 0.25) is 0 Å². The lowest BCUT2D eigenvalue weighted by Crippen LogP contribution is -2.46. The smallest absolute Gasteiger partial charge is 0.0320 e. The van der Waals surface area contributed by atoms with E-state index in [0.29, 0.717) is 6.04 Å². The van der Waals surface area contributed by atoms with Crippen LogP contribution >= 0.6 is 23.5 Å². The van der Waals surface area contributed by atoms with Crippen molar-refractivity contribution in [1.29, 1.82) is 0 Å². The zero-order valence-electron chi connectivity index (χ0n) is 10.5. The molecule has 90 valence electrons. The second-order valence-corrected chi connectivity index (χ2v) is 7.26. The van der Waals surface area contributed by atoms with Gasteiger partial charge < -0.3 is 5.32 Å². The minimum Gasteiger partial charge on any atom is -0.316 e. The first-order valence-corrected chi connectivity index (χ1v) is 8.20. The molecule has 0 aromatic heterocycles. The number of thioether (sulfide) groups is 2. The van der Waals surface area contributed by atoms with E-state index in [1.165, 1.54) is 24.3 Å². The van der Waals surface area contributed by atoms with E-state index in [1.54, 1.807) is 0 Å². The Morgan fingerprint density at radius 3 is 2.53 bits per heavy atom. The standard InChI is InChI=1S/C12H25NS2/c1-5-6-9(2)11(13-4)12-10(3)14-7-8-15-12/h9-13H,5-8H2,1-4H3. The minimum absolute atomic E-state index is 0.692. The number of nitrogens with one attached hydrogen (secondary N) is 1. The van der Waals surface area contributed by atoms with E-state index in [9.17, 15) is 0 Å². The van der Waals surface area contributed by atoms with Crippen LogP contribution in [0.25, 0.3) is 0 Å². The first-order valence-electron chi connectivity index (χ1n) is 6.11. The molecule has 0 aliphatic carbocycles. The van der Waals surface area contributed by atoms with Crippen molar-refractivity contribution in [2.45, 2.75) is 50.2 Å². The predicted octanol–water partition coefficient (Wildman–Crippen LogP) is 3.25. The molecule has 1 saturated heterocycles. The summed E-state index contributed by atoms with van der Waals surface area (Å²) >= 11 is 4.32. The third kappa shape index (κ3) is 3.86. The van der Waals surface area contributed by atoms with E-state index in [-0.39, 0.29) is 0 Å². The van der Waals surface area contributed by atoms with Crippen LogP contribution in [0.3, 0.4) is 0 Å². The highest BCUT2D eigenvalue weighted by molar-refractivity contribution is 8.07. The predicted molar refractivity (Wildman–Crippen MR) is 75.1 cm³/mol. The molecule has 0 radical (unpaired) electrons. The third-order valence-corrected chi connectivity index (χ3v) is 6.50. The summed E-state index contributed by atoms with van der Waals surface area (Å²) < 4.78 is 0. The van der Waals surface area contributed by atoms with Crippen molar-refractivity contribution in [2.75, 3.05) is 18.6 Å². The van der Waals surface area contributed by atoms with Crippen LogP contribution in [0.5, 0.6) is 0 Å². The normalized spacial score (nSPS) is 31.2. The molecule has 0 spiro atoms. The second kappa shape index (κ2) is 7.08. The van der Waals surface area contributed by atoms with Gasteiger partial charge >= 0.3 is 0 Å². The summed E-state index contributed by atoms with van der Waals surface area (Å²) in [4.78, 5) is 0. The maximum absolute atomic E-state index is 3.55. The number of rotatable bonds is 5. The molecular weight excluding hydrogens is 222 g/mol. The summed E-state index contributed by atoms with van der Waals surface area (Å²) in [7, 11) is 2.13. The Morgan fingerprint density at radius 1 is 1.33 bits per heavy atom. The molecule has 0 saturated carbocycles. The van der Waals surface area contributed by atoms with Gasteiger partial charge in [0.1, 0.15) is 0 Å². The quantitative estimate of drug-likeness (QED) is 0.801. The average molecular weight is 247 g/mol. The molecule has 1 N–H and O–H groups in total. The Balaban J connectivity index is 2.54.